The Morgan fingerprint density at radius 3 is 3.00 bits per heavy atom. The maximum atomic E-state index is 5.61. The summed E-state index contributed by atoms with van der Waals surface area (Å²) in [5.74, 6) is 0. The Labute approximate surface area is 117 Å². The molecule has 1 aromatic rings. The van der Waals surface area contributed by atoms with Crippen LogP contribution >= 0.6 is 15.9 Å². The zero-order valence-electron chi connectivity index (χ0n) is 10.9. The van der Waals surface area contributed by atoms with Gasteiger partial charge in [-0.3, -0.25) is 0 Å². The first-order chi connectivity index (χ1) is 8.76. The molecule has 18 heavy (non-hydrogen) atoms. The smallest absolute Gasteiger partial charge is 0.0670 e. The quantitative estimate of drug-likeness (QED) is 0.928. The molecule has 0 amide bonds. The fourth-order valence-electron chi connectivity index (χ4n) is 2.41. The van der Waals surface area contributed by atoms with Crippen LogP contribution in [0.3, 0.4) is 0 Å². The second kappa shape index (κ2) is 6.55. The molecule has 3 nitrogen and oxygen atoms in total. The zero-order valence-corrected chi connectivity index (χ0v) is 12.4. The van der Waals surface area contributed by atoms with Crippen molar-refractivity contribution in [3.8, 4) is 0 Å². The first-order valence-corrected chi connectivity index (χ1v) is 7.38. The van der Waals surface area contributed by atoms with E-state index in [1.807, 2.05) is 0 Å². The van der Waals surface area contributed by atoms with Gasteiger partial charge in [-0.2, -0.15) is 0 Å². The molecule has 1 unspecified atom stereocenters. The van der Waals surface area contributed by atoms with Crippen LogP contribution in [0.1, 0.15) is 18.9 Å². The van der Waals surface area contributed by atoms with Crippen molar-refractivity contribution in [2.24, 2.45) is 5.73 Å². The molecular formula is C14H21BrN2O. The van der Waals surface area contributed by atoms with Crippen molar-refractivity contribution < 1.29 is 4.74 Å². The van der Waals surface area contributed by atoms with E-state index in [1.165, 1.54) is 11.3 Å². The molecule has 1 saturated heterocycles. The number of nitrogens with zero attached hydrogens (tertiary/aromatic N) is 1. The lowest BCUT2D eigenvalue weighted by atomic mass is 10.1. The number of ether oxygens (including phenoxy) is 1. The van der Waals surface area contributed by atoms with Crippen molar-refractivity contribution in [1.82, 2.24) is 0 Å². The van der Waals surface area contributed by atoms with Gasteiger partial charge in [0.1, 0.15) is 0 Å². The van der Waals surface area contributed by atoms with Gasteiger partial charge in [-0.05, 0) is 37.1 Å². The Morgan fingerprint density at radius 1 is 1.50 bits per heavy atom. The molecule has 0 radical (unpaired) electrons. The summed E-state index contributed by atoms with van der Waals surface area (Å²) in [6.45, 7) is 5.52. The SMILES string of the molecule is CCC1COCCN1c1ccc(CCN)c(Br)c1. The number of benzene rings is 1. The fraction of sp³-hybridized carbons (Fsp3) is 0.571. The molecule has 1 aliphatic heterocycles. The molecule has 4 heteroatoms. The summed E-state index contributed by atoms with van der Waals surface area (Å²) < 4.78 is 6.71. The number of morpholine rings is 1. The summed E-state index contributed by atoms with van der Waals surface area (Å²) in [7, 11) is 0. The number of hydrogen-bond acceptors (Lipinski definition) is 3. The molecule has 1 atom stereocenters. The summed E-state index contributed by atoms with van der Waals surface area (Å²) in [5.41, 5.74) is 8.16. The van der Waals surface area contributed by atoms with E-state index in [-0.39, 0.29) is 0 Å². The minimum Gasteiger partial charge on any atom is -0.377 e. The molecule has 1 heterocycles. The minimum atomic E-state index is 0.492. The van der Waals surface area contributed by atoms with E-state index < -0.39 is 0 Å². The number of nitrogens with two attached hydrogens (primary N) is 1. The van der Waals surface area contributed by atoms with E-state index in [2.05, 4.69) is 46.0 Å². The van der Waals surface area contributed by atoms with Gasteiger partial charge in [-0.15, -0.1) is 0 Å². The molecule has 0 spiro atoms. The molecule has 1 fully saturated rings. The predicted octanol–water partition coefficient (Wildman–Crippen LogP) is 2.57. The number of rotatable bonds is 4. The van der Waals surface area contributed by atoms with Gasteiger partial charge in [0.05, 0.1) is 19.3 Å². The van der Waals surface area contributed by atoms with Crippen molar-refractivity contribution >= 4 is 21.6 Å². The fourth-order valence-corrected chi connectivity index (χ4v) is 2.97. The highest BCUT2D eigenvalue weighted by molar-refractivity contribution is 9.10. The van der Waals surface area contributed by atoms with Gasteiger partial charge in [0, 0.05) is 16.7 Å². The van der Waals surface area contributed by atoms with Crippen LogP contribution < -0.4 is 10.6 Å². The predicted molar refractivity (Wildman–Crippen MR) is 79.1 cm³/mol. The molecule has 0 saturated carbocycles. The van der Waals surface area contributed by atoms with E-state index in [0.717, 1.165) is 37.1 Å². The lowest BCUT2D eigenvalue weighted by Gasteiger charge is -2.37. The number of hydrogen-bond donors (Lipinski definition) is 1. The molecule has 1 aliphatic rings. The monoisotopic (exact) mass is 312 g/mol. The van der Waals surface area contributed by atoms with E-state index in [0.29, 0.717) is 12.6 Å². The zero-order chi connectivity index (χ0) is 13.0. The summed E-state index contributed by atoms with van der Waals surface area (Å²) in [4.78, 5) is 2.44. The third-order valence-electron chi connectivity index (χ3n) is 3.48. The van der Waals surface area contributed by atoms with Crippen LogP contribution in [0.15, 0.2) is 22.7 Å². The standard InChI is InChI=1S/C14H21BrN2O/c1-2-12-10-18-8-7-17(12)13-4-3-11(5-6-16)14(15)9-13/h3-4,9,12H,2,5-8,10,16H2,1H3. The molecular weight excluding hydrogens is 292 g/mol. The third kappa shape index (κ3) is 3.05. The van der Waals surface area contributed by atoms with Gasteiger partial charge in [-0.25, -0.2) is 0 Å². The van der Waals surface area contributed by atoms with Gasteiger partial charge < -0.3 is 15.4 Å². The second-order valence-corrected chi connectivity index (χ2v) is 5.50. The first-order valence-electron chi connectivity index (χ1n) is 6.59. The molecule has 0 bridgehead atoms. The van der Waals surface area contributed by atoms with Crippen molar-refractivity contribution in [3.05, 3.63) is 28.2 Å². The summed E-state index contributed by atoms with van der Waals surface area (Å²) in [5, 5.41) is 0. The topological polar surface area (TPSA) is 38.5 Å². The van der Waals surface area contributed by atoms with Crippen molar-refractivity contribution in [3.63, 3.8) is 0 Å². The Hall–Kier alpha value is -0.580. The Morgan fingerprint density at radius 2 is 2.33 bits per heavy atom. The van der Waals surface area contributed by atoms with Crippen LogP contribution in [0.25, 0.3) is 0 Å². The van der Waals surface area contributed by atoms with E-state index in [9.17, 15) is 0 Å². The maximum absolute atomic E-state index is 5.61. The molecule has 2 N–H and O–H groups in total. The second-order valence-electron chi connectivity index (χ2n) is 4.64. The Balaban J connectivity index is 2.19. The molecule has 100 valence electrons. The maximum Gasteiger partial charge on any atom is 0.0670 e. The van der Waals surface area contributed by atoms with Crippen molar-refractivity contribution in [1.29, 1.82) is 0 Å². The third-order valence-corrected chi connectivity index (χ3v) is 4.22. The van der Waals surface area contributed by atoms with Gasteiger partial charge >= 0.3 is 0 Å². The molecule has 1 aromatic carbocycles. The first kappa shape index (κ1) is 13.8. The minimum absolute atomic E-state index is 0.492. The van der Waals surface area contributed by atoms with Crippen LogP contribution in [-0.2, 0) is 11.2 Å². The number of anilines is 1. The lowest BCUT2D eigenvalue weighted by Crippen LogP contribution is -2.45. The van der Waals surface area contributed by atoms with Crippen molar-refractivity contribution in [2.45, 2.75) is 25.8 Å². The largest absolute Gasteiger partial charge is 0.377 e. The lowest BCUT2D eigenvalue weighted by molar-refractivity contribution is 0.0930. The van der Waals surface area contributed by atoms with Crippen molar-refractivity contribution in [2.75, 3.05) is 31.2 Å². The van der Waals surface area contributed by atoms with Crippen LogP contribution in [0.5, 0.6) is 0 Å². The highest BCUT2D eigenvalue weighted by Crippen LogP contribution is 2.27. The van der Waals surface area contributed by atoms with E-state index in [4.69, 9.17) is 10.5 Å². The van der Waals surface area contributed by atoms with Crippen LogP contribution in [0, 0.1) is 0 Å². The van der Waals surface area contributed by atoms with Crippen LogP contribution in [-0.4, -0.2) is 32.3 Å². The summed E-state index contributed by atoms with van der Waals surface area (Å²) in [6, 6.07) is 7.07. The summed E-state index contributed by atoms with van der Waals surface area (Å²) in [6.07, 6.45) is 2.03. The molecule has 2 rings (SSSR count). The van der Waals surface area contributed by atoms with Gasteiger partial charge in [0.15, 0.2) is 0 Å². The highest BCUT2D eigenvalue weighted by atomic mass is 79.9. The van der Waals surface area contributed by atoms with E-state index >= 15 is 0 Å². The average molecular weight is 313 g/mol. The Bertz CT molecular complexity index is 397. The molecule has 0 aliphatic carbocycles. The molecule has 0 aromatic heterocycles. The van der Waals surface area contributed by atoms with Gasteiger partial charge in [0.25, 0.3) is 0 Å². The van der Waals surface area contributed by atoms with Crippen LogP contribution in [0.4, 0.5) is 5.69 Å². The van der Waals surface area contributed by atoms with Crippen LogP contribution in [0.2, 0.25) is 0 Å². The van der Waals surface area contributed by atoms with E-state index in [1.54, 1.807) is 0 Å². The van der Waals surface area contributed by atoms with Gasteiger partial charge in [-0.1, -0.05) is 28.9 Å². The number of halogens is 1. The van der Waals surface area contributed by atoms with Gasteiger partial charge in [0.2, 0.25) is 0 Å². The Kier molecular flexibility index (Phi) is 5.03. The average Bonchev–Trinajstić information content (AvgIpc) is 2.41. The normalized spacial score (nSPS) is 20.2. The highest BCUT2D eigenvalue weighted by Gasteiger charge is 2.21. The summed E-state index contributed by atoms with van der Waals surface area (Å²) >= 11 is 3.64.